The summed E-state index contributed by atoms with van der Waals surface area (Å²) >= 11 is 13.7. The van der Waals surface area contributed by atoms with Gasteiger partial charge in [-0.15, -0.1) is 5.10 Å². The Morgan fingerprint density at radius 2 is 1.93 bits per heavy atom. The predicted molar refractivity (Wildman–Crippen MR) is 117 cm³/mol. The summed E-state index contributed by atoms with van der Waals surface area (Å²) in [5.74, 6) is 0.446. The van der Waals surface area contributed by atoms with Gasteiger partial charge in [0.1, 0.15) is 0 Å². The second kappa shape index (κ2) is 8.78. The Morgan fingerprint density at radius 1 is 1.18 bits per heavy atom. The summed E-state index contributed by atoms with van der Waals surface area (Å²) in [7, 11) is 4.15. The van der Waals surface area contributed by atoms with Crippen LogP contribution >= 0.6 is 34.5 Å². The summed E-state index contributed by atoms with van der Waals surface area (Å²) in [5, 5.41) is 6.33. The lowest BCUT2D eigenvalue weighted by molar-refractivity contribution is 0.233. The van der Waals surface area contributed by atoms with Gasteiger partial charge in [-0.25, -0.2) is 4.98 Å². The Hall–Kier alpha value is -1.67. The van der Waals surface area contributed by atoms with Crippen molar-refractivity contribution in [2.45, 2.75) is 26.4 Å². The Morgan fingerprint density at radius 3 is 2.54 bits per heavy atom. The van der Waals surface area contributed by atoms with Gasteiger partial charge in [0, 0.05) is 31.4 Å². The summed E-state index contributed by atoms with van der Waals surface area (Å²) in [6, 6.07) is 7.34. The Kier molecular flexibility index (Phi) is 6.60. The maximum Gasteiger partial charge on any atom is 0.275 e. The highest BCUT2D eigenvalue weighted by Crippen LogP contribution is 2.27. The summed E-state index contributed by atoms with van der Waals surface area (Å²) < 4.78 is 1.35. The summed E-state index contributed by atoms with van der Waals surface area (Å²) in [6.45, 7) is 5.75. The molecule has 0 N–H and O–H groups in total. The molecule has 0 radical (unpaired) electrons. The van der Waals surface area contributed by atoms with Crippen molar-refractivity contribution in [1.29, 1.82) is 0 Å². The molecule has 0 fully saturated rings. The van der Waals surface area contributed by atoms with Gasteiger partial charge in [0.15, 0.2) is 0 Å². The van der Waals surface area contributed by atoms with Gasteiger partial charge < -0.3 is 9.80 Å². The number of likely N-dealkylation sites (N-methyl/N-ethyl adjacent to an activating group) is 1. The van der Waals surface area contributed by atoms with Gasteiger partial charge in [0.2, 0.25) is 10.1 Å². The molecular weight excluding hydrogens is 417 g/mol. The second-order valence-electron chi connectivity index (χ2n) is 7.27. The Bertz CT molecular complexity index is 1010. The molecule has 2 heterocycles. The van der Waals surface area contributed by atoms with Crippen molar-refractivity contribution in [3.8, 4) is 0 Å². The first-order valence-corrected chi connectivity index (χ1v) is 10.5. The molecule has 0 bridgehead atoms. The van der Waals surface area contributed by atoms with E-state index in [1.165, 1.54) is 28.1 Å². The molecule has 1 atom stereocenters. The molecule has 3 rings (SSSR count). The number of nitrogens with zero attached hydrogens (tertiary/aromatic N) is 5. The molecular formula is C19H23Cl2N5OS. The molecule has 28 heavy (non-hydrogen) atoms. The Labute approximate surface area is 178 Å². The molecule has 3 aromatic rings. The largest absolute Gasteiger partial charge is 0.341 e. The zero-order valence-corrected chi connectivity index (χ0v) is 18.6. The molecule has 2 aromatic heterocycles. The van der Waals surface area contributed by atoms with E-state index in [1.54, 1.807) is 6.07 Å². The van der Waals surface area contributed by atoms with Crippen molar-refractivity contribution in [3.05, 3.63) is 56.4 Å². The number of fused-ring (bicyclic) bond motifs is 1. The van der Waals surface area contributed by atoms with Crippen LogP contribution in [0.1, 0.15) is 19.4 Å². The van der Waals surface area contributed by atoms with E-state index in [0.717, 1.165) is 17.2 Å². The predicted octanol–water partition coefficient (Wildman–Crippen LogP) is 4.05. The van der Waals surface area contributed by atoms with E-state index >= 15 is 0 Å². The van der Waals surface area contributed by atoms with Gasteiger partial charge in [0.25, 0.3) is 5.56 Å². The fourth-order valence-electron chi connectivity index (χ4n) is 3.13. The fourth-order valence-corrected chi connectivity index (χ4v) is 4.33. The van der Waals surface area contributed by atoms with Crippen LogP contribution in [0.3, 0.4) is 0 Å². The van der Waals surface area contributed by atoms with E-state index in [2.05, 4.69) is 47.8 Å². The van der Waals surface area contributed by atoms with Crippen LogP contribution in [0.2, 0.25) is 10.0 Å². The van der Waals surface area contributed by atoms with Crippen LogP contribution in [0.25, 0.3) is 4.96 Å². The summed E-state index contributed by atoms with van der Waals surface area (Å²) in [6.07, 6.45) is 1.51. The number of aromatic nitrogens is 3. The SMILES string of the molecule is CC(C)[C@H](CN(Cc1ccc(Cl)c(Cl)c1)c1nn2c(=O)ccnc2s1)N(C)C. The molecule has 150 valence electrons. The minimum atomic E-state index is -0.185. The molecule has 0 saturated heterocycles. The third-order valence-electron chi connectivity index (χ3n) is 4.63. The van der Waals surface area contributed by atoms with Gasteiger partial charge in [-0.1, -0.05) is 54.5 Å². The van der Waals surface area contributed by atoms with Crippen LogP contribution in [0.4, 0.5) is 5.13 Å². The first kappa shape index (κ1) is 21.0. The van der Waals surface area contributed by atoms with Gasteiger partial charge in [-0.05, 0) is 37.7 Å². The van der Waals surface area contributed by atoms with E-state index < -0.39 is 0 Å². The molecule has 0 aliphatic carbocycles. The van der Waals surface area contributed by atoms with Crippen LogP contribution in [-0.4, -0.2) is 46.2 Å². The number of anilines is 1. The lowest BCUT2D eigenvalue weighted by Crippen LogP contribution is -2.43. The minimum absolute atomic E-state index is 0.185. The van der Waals surface area contributed by atoms with E-state index in [-0.39, 0.29) is 5.56 Å². The number of rotatable bonds is 7. The van der Waals surface area contributed by atoms with E-state index in [9.17, 15) is 4.79 Å². The molecule has 0 spiro atoms. The number of hydrogen-bond acceptors (Lipinski definition) is 6. The molecule has 0 amide bonds. The number of benzene rings is 1. The highest BCUT2D eigenvalue weighted by atomic mass is 35.5. The van der Waals surface area contributed by atoms with Crippen LogP contribution < -0.4 is 10.5 Å². The molecule has 0 aliphatic heterocycles. The van der Waals surface area contributed by atoms with Crippen LogP contribution in [0.5, 0.6) is 0 Å². The van der Waals surface area contributed by atoms with Crippen molar-refractivity contribution < 1.29 is 0 Å². The lowest BCUT2D eigenvalue weighted by Gasteiger charge is -2.33. The average molecular weight is 440 g/mol. The standard InChI is InChI=1S/C19H23Cl2N5OS/c1-12(2)16(24(3)4)11-25(10-13-5-6-14(20)15(21)9-13)19-23-26-17(27)7-8-22-18(26)28-19/h5-9,12,16H,10-11H2,1-4H3/t16-/m0/s1. The zero-order valence-electron chi connectivity index (χ0n) is 16.3. The maximum atomic E-state index is 12.1. The van der Waals surface area contributed by atoms with Crippen LogP contribution in [0, 0.1) is 5.92 Å². The zero-order chi connectivity index (χ0) is 20.4. The summed E-state index contributed by atoms with van der Waals surface area (Å²) in [4.78, 5) is 21.3. The van der Waals surface area contributed by atoms with Crippen molar-refractivity contribution in [2.75, 3.05) is 25.5 Å². The third kappa shape index (κ3) is 4.66. The minimum Gasteiger partial charge on any atom is -0.341 e. The van der Waals surface area contributed by atoms with Crippen molar-refractivity contribution in [2.24, 2.45) is 5.92 Å². The van der Waals surface area contributed by atoms with E-state index in [4.69, 9.17) is 23.2 Å². The monoisotopic (exact) mass is 439 g/mol. The maximum absolute atomic E-state index is 12.1. The highest BCUT2D eigenvalue weighted by molar-refractivity contribution is 7.20. The van der Waals surface area contributed by atoms with Crippen molar-refractivity contribution in [1.82, 2.24) is 19.5 Å². The second-order valence-corrected chi connectivity index (χ2v) is 9.01. The van der Waals surface area contributed by atoms with E-state index in [0.29, 0.717) is 33.5 Å². The Balaban J connectivity index is 2.00. The smallest absolute Gasteiger partial charge is 0.275 e. The molecule has 6 nitrogen and oxygen atoms in total. The molecule has 9 heteroatoms. The highest BCUT2D eigenvalue weighted by Gasteiger charge is 2.23. The normalized spacial score (nSPS) is 12.9. The van der Waals surface area contributed by atoms with Gasteiger partial charge in [0.05, 0.1) is 10.0 Å². The van der Waals surface area contributed by atoms with Crippen LogP contribution in [-0.2, 0) is 6.54 Å². The van der Waals surface area contributed by atoms with Crippen molar-refractivity contribution >= 4 is 44.6 Å². The topological polar surface area (TPSA) is 53.7 Å². The fraction of sp³-hybridized carbons (Fsp3) is 0.421. The van der Waals surface area contributed by atoms with Gasteiger partial charge in [-0.3, -0.25) is 4.79 Å². The van der Waals surface area contributed by atoms with Crippen molar-refractivity contribution in [3.63, 3.8) is 0 Å². The third-order valence-corrected chi connectivity index (χ3v) is 6.35. The van der Waals surface area contributed by atoms with Gasteiger partial charge >= 0.3 is 0 Å². The van der Waals surface area contributed by atoms with Gasteiger partial charge in [-0.2, -0.15) is 4.52 Å². The molecule has 0 aliphatic rings. The lowest BCUT2D eigenvalue weighted by atomic mass is 10.0. The molecule has 1 aromatic carbocycles. The quantitative estimate of drug-likeness (QED) is 0.555. The molecule has 0 saturated carbocycles. The average Bonchev–Trinajstić information content (AvgIpc) is 3.06. The first-order chi connectivity index (χ1) is 13.3. The number of halogens is 2. The van der Waals surface area contributed by atoms with Crippen LogP contribution in [0.15, 0.2) is 35.3 Å². The first-order valence-electron chi connectivity index (χ1n) is 8.96. The van der Waals surface area contributed by atoms with E-state index in [1.807, 2.05) is 12.1 Å². The molecule has 0 unspecified atom stereocenters. The number of hydrogen-bond donors (Lipinski definition) is 0. The summed E-state index contributed by atoms with van der Waals surface area (Å²) in [5.41, 5.74) is 0.838.